The van der Waals surface area contributed by atoms with E-state index in [1.807, 2.05) is 6.92 Å². The number of aliphatic hydroxyl groups is 1. The van der Waals surface area contributed by atoms with E-state index in [2.05, 4.69) is 5.32 Å². The van der Waals surface area contributed by atoms with Crippen LogP contribution in [0.25, 0.3) is 0 Å². The van der Waals surface area contributed by atoms with E-state index in [9.17, 15) is 19.5 Å². The van der Waals surface area contributed by atoms with Gasteiger partial charge in [0.05, 0.1) is 23.3 Å². The number of aryl methyl sites for hydroxylation is 1. The molecule has 23 heavy (non-hydrogen) atoms. The van der Waals surface area contributed by atoms with Gasteiger partial charge < -0.3 is 10.4 Å². The summed E-state index contributed by atoms with van der Waals surface area (Å²) in [6, 6.07) is 5.06. The zero-order valence-corrected chi connectivity index (χ0v) is 13.1. The second-order valence-electron chi connectivity index (χ2n) is 6.44. The number of nitrogens with zero attached hydrogens (tertiary/aromatic N) is 1. The number of amides is 3. The number of fused-ring (bicyclic) bond motifs is 1. The van der Waals surface area contributed by atoms with Crippen LogP contribution in [0, 0.1) is 6.92 Å². The van der Waals surface area contributed by atoms with Crippen molar-refractivity contribution >= 4 is 17.7 Å². The summed E-state index contributed by atoms with van der Waals surface area (Å²) in [6.07, 6.45) is 3.34. The molecule has 122 valence electrons. The Balaban J connectivity index is 1.73. The normalized spacial score (nSPS) is 19.1. The molecule has 0 bridgehead atoms. The maximum absolute atomic E-state index is 12.4. The molecule has 0 unspecified atom stereocenters. The Morgan fingerprint density at radius 1 is 1.22 bits per heavy atom. The monoisotopic (exact) mass is 316 g/mol. The second kappa shape index (κ2) is 5.77. The summed E-state index contributed by atoms with van der Waals surface area (Å²) in [6.45, 7) is 1.41. The van der Waals surface area contributed by atoms with E-state index in [1.165, 1.54) is 0 Å². The number of rotatable bonds is 4. The maximum Gasteiger partial charge on any atom is 0.262 e. The van der Waals surface area contributed by atoms with Crippen molar-refractivity contribution in [3.05, 3.63) is 34.9 Å². The molecule has 6 nitrogen and oxygen atoms in total. The van der Waals surface area contributed by atoms with E-state index < -0.39 is 23.3 Å². The highest BCUT2D eigenvalue weighted by molar-refractivity contribution is 6.22. The molecule has 3 amide bonds. The van der Waals surface area contributed by atoms with Crippen LogP contribution in [-0.4, -0.2) is 46.4 Å². The van der Waals surface area contributed by atoms with Gasteiger partial charge in [0.1, 0.15) is 6.54 Å². The molecule has 3 rings (SSSR count). The van der Waals surface area contributed by atoms with Gasteiger partial charge in [-0.2, -0.15) is 0 Å². The molecule has 6 heteroatoms. The number of nitrogens with one attached hydrogen (secondary N) is 1. The Morgan fingerprint density at radius 3 is 2.52 bits per heavy atom. The molecule has 1 aromatic carbocycles. The highest BCUT2D eigenvalue weighted by Gasteiger charge is 2.39. The topological polar surface area (TPSA) is 86.7 Å². The van der Waals surface area contributed by atoms with E-state index in [0.29, 0.717) is 11.1 Å². The van der Waals surface area contributed by atoms with Gasteiger partial charge in [-0.05, 0) is 31.9 Å². The van der Waals surface area contributed by atoms with Gasteiger partial charge in [0.25, 0.3) is 11.8 Å². The molecule has 1 fully saturated rings. The molecule has 1 saturated carbocycles. The number of benzene rings is 1. The van der Waals surface area contributed by atoms with Crippen molar-refractivity contribution in [2.45, 2.75) is 38.1 Å². The molecule has 0 aromatic heterocycles. The van der Waals surface area contributed by atoms with Gasteiger partial charge in [-0.25, -0.2) is 0 Å². The van der Waals surface area contributed by atoms with Crippen molar-refractivity contribution in [3.63, 3.8) is 0 Å². The molecule has 0 saturated heterocycles. The van der Waals surface area contributed by atoms with Crippen molar-refractivity contribution < 1.29 is 19.5 Å². The van der Waals surface area contributed by atoms with Crippen LogP contribution >= 0.6 is 0 Å². The van der Waals surface area contributed by atoms with E-state index in [4.69, 9.17) is 0 Å². The fraction of sp³-hybridized carbons (Fsp3) is 0.471. The SMILES string of the molecule is Cc1ccc2c(c1)C(=O)N(CC(=O)NC1(CO)CCCC1)C2=O. The fourth-order valence-electron chi connectivity index (χ4n) is 3.40. The lowest BCUT2D eigenvalue weighted by molar-refractivity contribution is -0.123. The van der Waals surface area contributed by atoms with E-state index >= 15 is 0 Å². The Hall–Kier alpha value is -2.21. The zero-order chi connectivity index (χ0) is 16.6. The van der Waals surface area contributed by atoms with Gasteiger partial charge in [-0.15, -0.1) is 0 Å². The van der Waals surface area contributed by atoms with Crippen LogP contribution in [0.1, 0.15) is 52.0 Å². The summed E-state index contributed by atoms with van der Waals surface area (Å²) in [7, 11) is 0. The van der Waals surface area contributed by atoms with Crippen molar-refractivity contribution in [2.24, 2.45) is 0 Å². The number of carbonyl (C=O) groups is 3. The number of imide groups is 1. The highest BCUT2D eigenvalue weighted by atomic mass is 16.3. The quantitative estimate of drug-likeness (QED) is 0.812. The smallest absolute Gasteiger partial charge is 0.262 e. The Morgan fingerprint density at radius 2 is 1.87 bits per heavy atom. The van der Waals surface area contributed by atoms with E-state index in [1.54, 1.807) is 18.2 Å². The average Bonchev–Trinajstić information content (AvgIpc) is 3.07. The summed E-state index contributed by atoms with van der Waals surface area (Å²) < 4.78 is 0. The van der Waals surface area contributed by atoms with Gasteiger partial charge in [0.15, 0.2) is 0 Å². The Bertz CT molecular complexity index is 677. The van der Waals surface area contributed by atoms with Gasteiger partial charge in [0.2, 0.25) is 5.91 Å². The zero-order valence-electron chi connectivity index (χ0n) is 13.1. The molecular weight excluding hydrogens is 296 g/mol. The molecule has 1 aliphatic heterocycles. The lowest BCUT2D eigenvalue weighted by Gasteiger charge is -2.28. The predicted octanol–water partition coefficient (Wildman–Crippen LogP) is 1.01. The first kappa shape index (κ1) is 15.7. The lowest BCUT2D eigenvalue weighted by atomic mass is 9.99. The summed E-state index contributed by atoms with van der Waals surface area (Å²) >= 11 is 0. The molecule has 2 N–H and O–H groups in total. The predicted molar refractivity (Wildman–Crippen MR) is 83.0 cm³/mol. The summed E-state index contributed by atoms with van der Waals surface area (Å²) in [5, 5.41) is 12.4. The molecular formula is C17H20N2O4. The molecule has 1 heterocycles. The van der Waals surface area contributed by atoms with Gasteiger partial charge in [0, 0.05) is 0 Å². The van der Waals surface area contributed by atoms with Gasteiger partial charge >= 0.3 is 0 Å². The van der Waals surface area contributed by atoms with E-state index in [-0.39, 0.29) is 13.2 Å². The number of aliphatic hydroxyl groups excluding tert-OH is 1. The maximum atomic E-state index is 12.4. The third-order valence-corrected chi connectivity index (χ3v) is 4.70. The molecule has 1 aliphatic carbocycles. The van der Waals surface area contributed by atoms with Crippen molar-refractivity contribution in [3.8, 4) is 0 Å². The van der Waals surface area contributed by atoms with Crippen molar-refractivity contribution in [1.82, 2.24) is 10.2 Å². The molecule has 0 spiro atoms. The van der Waals surface area contributed by atoms with Crippen LogP contribution in [-0.2, 0) is 4.79 Å². The minimum absolute atomic E-state index is 0.125. The average molecular weight is 316 g/mol. The summed E-state index contributed by atoms with van der Waals surface area (Å²) in [5.41, 5.74) is 0.972. The largest absolute Gasteiger partial charge is 0.394 e. The molecule has 0 radical (unpaired) electrons. The number of hydrogen-bond donors (Lipinski definition) is 2. The third-order valence-electron chi connectivity index (χ3n) is 4.70. The minimum atomic E-state index is -0.605. The molecule has 2 aliphatic rings. The van der Waals surface area contributed by atoms with Crippen LogP contribution in [0.5, 0.6) is 0 Å². The summed E-state index contributed by atoms with van der Waals surface area (Å²) in [4.78, 5) is 37.9. The van der Waals surface area contributed by atoms with Gasteiger partial charge in [-0.3, -0.25) is 19.3 Å². The Labute approximate surface area is 134 Å². The van der Waals surface area contributed by atoms with Gasteiger partial charge in [-0.1, -0.05) is 24.5 Å². The number of carbonyl (C=O) groups excluding carboxylic acids is 3. The minimum Gasteiger partial charge on any atom is -0.394 e. The first-order valence-electron chi connectivity index (χ1n) is 7.84. The molecule has 1 aromatic rings. The van der Waals surface area contributed by atoms with Crippen molar-refractivity contribution in [2.75, 3.05) is 13.2 Å². The molecule has 0 atom stereocenters. The standard InChI is InChI=1S/C17H20N2O4/c1-11-4-5-12-13(8-11)16(23)19(15(12)22)9-14(21)18-17(10-20)6-2-3-7-17/h4-5,8,20H,2-3,6-7,9-10H2,1H3,(H,18,21). The van der Waals surface area contributed by atoms with Crippen LogP contribution in [0.3, 0.4) is 0 Å². The van der Waals surface area contributed by atoms with Crippen molar-refractivity contribution in [1.29, 1.82) is 0 Å². The lowest BCUT2D eigenvalue weighted by Crippen LogP contribution is -2.52. The first-order valence-corrected chi connectivity index (χ1v) is 7.84. The van der Waals surface area contributed by atoms with Crippen LogP contribution in [0.15, 0.2) is 18.2 Å². The highest BCUT2D eigenvalue weighted by Crippen LogP contribution is 2.29. The second-order valence-corrected chi connectivity index (χ2v) is 6.44. The van der Waals surface area contributed by atoms with Crippen LogP contribution in [0.4, 0.5) is 0 Å². The number of hydrogen-bond acceptors (Lipinski definition) is 4. The first-order chi connectivity index (χ1) is 11.0. The van der Waals surface area contributed by atoms with Crippen LogP contribution < -0.4 is 5.32 Å². The van der Waals surface area contributed by atoms with Crippen LogP contribution in [0.2, 0.25) is 0 Å². The summed E-state index contributed by atoms with van der Waals surface area (Å²) in [5.74, 6) is -1.29. The fourth-order valence-corrected chi connectivity index (χ4v) is 3.40. The third kappa shape index (κ3) is 2.74. The van der Waals surface area contributed by atoms with E-state index in [0.717, 1.165) is 36.1 Å². The Kier molecular flexibility index (Phi) is 3.93.